The quantitative estimate of drug-likeness (QED) is 0.868. The zero-order valence-electron chi connectivity index (χ0n) is 11.4. The Morgan fingerprint density at radius 1 is 0.944 bits per heavy atom. The van der Waals surface area contributed by atoms with Gasteiger partial charge in [-0.1, -0.05) is 59.7 Å². The Bertz CT molecular complexity index is 541. The molecule has 18 heavy (non-hydrogen) atoms. The Labute approximate surface area is 110 Å². The summed E-state index contributed by atoms with van der Waals surface area (Å²) < 4.78 is 0. The third kappa shape index (κ3) is 2.99. The highest BCUT2D eigenvalue weighted by atomic mass is 14.7. The van der Waals surface area contributed by atoms with Gasteiger partial charge in [0.25, 0.3) is 0 Å². The number of hydrogen-bond donors (Lipinski definition) is 1. The molecule has 0 amide bonds. The molecule has 0 aliphatic carbocycles. The van der Waals surface area contributed by atoms with E-state index in [1.807, 2.05) is 0 Å². The molecule has 0 aliphatic heterocycles. The van der Waals surface area contributed by atoms with E-state index >= 15 is 0 Å². The Morgan fingerprint density at radius 3 is 2.17 bits per heavy atom. The maximum absolute atomic E-state index is 6.49. The molecule has 0 radical (unpaired) electrons. The largest absolute Gasteiger partial charge is 0.321 e. The molecule has 1 unspecified atom stereocenters. The number of hydrogen-bond acceptors (Lipinski definition) is 1. The summed E-state index contributed by atoms with van der Waals surface area (Å²) in [6.07, 6.45) is 0.859. The fraction of sp³-hybridized carbons (Fsp3) is 0.294. The van der Waals surface area contributed by atoms with Crippen molar-refractivity contribution in [3.05, 3.63) is 70.8 Å². The van der Waals surface area contributed by atoms with Crippen LogP contribution in [0.15, 0.2) is 48.5 Å². The summed E-state index contributed by atoms with van der Waals surface area (Å²) in [6.45, 7) is 6.32. The number of benzene rings is 2. The van der Waals surface area contributed by atoms with Gasteiger partial charge in [0.1, 0.15) is 0 Å². The second-order valence-corrected chi connectivity index (χ2v) is 5.45. The lowest BCUT2D eigenvalue weighted by Crippen LogP contribution is -2.35. The van der Waals surface area contributed by atoms with Crippen molar-refractivity contribution in [2.75, 3.05) is 0 Å². The van der Waals surface area contributed by atoms with E-state index in [0.717, 1.165) is 6.42 Å². The molecule has 94 valence electrons. The molecule has 0 aliphatic rings. The van der Waals surface area contributed by atoms with E-state index in [0.29, 0.717) is 0 Å². The fourth-order valence-corrected chi connectivity index (χ4v) is 2.35. The summed E-state index contributed by atoms with van der Waals surface area (Å²) in [5, 5.41) is 0. The first kappa shape index (κ1) is 12.8. The molecule has 0 spiro atoms. The van der Waals surface area contributed by atoms with Crippen LogP contribution in [0.1, 0.15) is 29.2 Å². The molecular weight excluding hydrogens is 218 g/mol. The normalized spacial score (nSPS) is 14.2. The van der Waals surface area contributed by atoms with Crippen molar-refractivity contribution < 1.29 is 0 Å². The lowest BCUT2D eigenvalue weighted by molar-refractivity contribution is 0.491. The van der Waals surface area contributed by atoms with Gasteiger partial charge in [-0.25, -0.2) is 0 Å². The average molecular weight is 239 g/mol. The fourth-order valence-electron chi connectivity index (χ4n) is 2.35. The molecule has 2 N–H and O–H groups in total. The van der Waals surface area contributed by atoms with E-state index in [-0.39, 0.29) is 5.54 Å². The van der Waals surface area contributed by atoms with Gasteiger partial charge in [0.2, 0.25) is 0 Å². The van der Waals surface area contributed by atoms with Crippen molar-refractivity contribution in [2.24, 2.45) is 5.73 Å². The van der Waals surface area contributed by atoms with Crippen LogP contribution in [-0.2, 0) is 12.0 Å². The Balaban J connectivity index is 2.26. The molecule has 0 bridgehead atoms. The molecular formula is C17H21N. The first-order chi connectivity index (χ1) is 8.47. The van der Waals surface area contributed by atoms with Crippen LogP contribution in [0.25, 0.3) is 0 Å². The third-order valence-electron chi connectivity index (χ3n) is 3.33. The second kappa shape index (κ2) is 4.95. The van der Waals surface area contributed by atoms with Crippen molar-refractivity contribution in [1.29, 1.82) is 0 Å². The summed E-state index contributed by atoms with van der Waals surface area (Å²) in [6, 6.07) is 17.0. The first-order valence-corrected chi connectivity index (χ1v) is 6.39. The molecule has 2 rings (SSSR count). The van der Waals surface area contributed by atoms with Gasteiger partial charge < -0.3 is 5.73 Å². The van der Waals surface area contributed by atoms with Crippen LogP contribution >= 0.6 is 0 Å². The summed E-state index contributed by atoms with van der Waals surface area (Å²) in [5.41, 5.74) is 11.2. The lowest BCUT2D eigenvalue weighted by atomic mass is 9.85. The number of nitrogens with two attached hydrogens (primary N) is 1. The van der Waals surface area contributed by atoms with Gasteiger partial charge in [0.05, 0.1) is 0 Å². The predicted molar refractivity (Wildman–Crippen MR) is 77.6 cm³/mol. The van der Waals surface area contributed by atoms with E-state index in [9.17, 15) is 0 Å². The number of aryl methyl sites for hydroxylation is 2. The van der Waals surface area contributed by atoms with Gasteiger partial charge >= 0.3 is 0 Å². The molecule has 1 nitrogen and oxygen atoms in total. The second-order valence-electron chi connectivity index (χ2n) is 5.45. The Kier molecular flexibility index (Phi) is 3.53. The monoisotopic (exact) mass is 239 g/mol. The molecule has 0 saturated carbocycles. The van der Waals surface area contributed by atoms with Crippen molar-refractivity contribution in [1.82, 2.24) is 0 Å². The van der Waals surface area contributed by atoms with Crippen LogP contribution in [0.4, 0.5) is 0 Å². The highest BCUT2D eigenvalue weighted by Gasteiger charge is 2.21. The molecule has 0 aromatic heterocycles. The van der Waals surface area contributed by atoms with Crippen molar-refractivity contribution in [3.8, 4) is 0 Å². The van der Waals surface area contributed by atoms with Gasteiger partial charge in [-0.3, -0.25) is 0 Å². The minimum Gasteiger partial charge on any atom is -0.321 e. The summed E-state index contributed by atoms with van der Waals surface area (Å²) in [4.78, 5) is 0. The highest BCUT2D eigenvalue weighted by molar-refractivity contribution is 5.31. The summed E-state index contributed by atoms with van der Waals surface area (Å²) >= 11 is 0. The van der Waals surface area contributed by atoms with Gasteiger partial charge in [-0.05, 0) is 38.3 Å². The zero-order valence-corrected chi connectivity index (χ0v) is 11.4. The van der Waals surface area contributed by atoms with E-state index in [2.05, 4.69) is 69.3 Å². The molecule has 0 fully saturated rings. The van der Waals surface area contributed by atoms with Gasteiger partial charge in [-0.15, -0.1) is 0 Å². The van der Waals surface area contributed by atoms with Crippen LogP contribution in [0.2, 0.25) is 0 Å². The lowest BCUT2D eigenvalue weighted by Gasteiger charge is -2.26. The van der Waals surface area contributed by atoms with Gasteiger partial charge in [0, 0.05) is 5.54 Å². The van der Waals surface area contributed by atoms with E-state index in [4.69, 9.17) is 5.73 Å². The maximum Gasteiger partial charge on any atom is 0.0421 e. The van der Waals surface area contributed by atoms with E-state index < -0.39 is 0 Å². The standard InChI is InChI=1S/C17H21N/c1-13-6-4-8-15(10-13)12-17(3,18)16-9-5-7-14(2)11-16/h4-11H,12,18H2,1-3H3. The predicted octanol–water partition coefficient (Wildman–Crippen LogP) is 3.72. The average Bonchev–Trinajstić information content (AvgIpc) is 2.28. The van der Waals surface area contributed by atoms with Gasteiger partial charge in [-0.2, -0.15) is 0 Å². The van der Waals surface area contributed by atoms with Crippen LogP contribution in [-0.4, -0.2) is 0 Å². The molecule has 1 heteroatoms. The minimum absolute atomic E-state index is 0.320. The molecule has 1 atom stereocenters. The van der Waals surface area contributed by atoms with Gasteiger partial charge in [0.15, 0.2) is 0 Å². The van der Waals surface area contributed by atoms with Crippen LogP contribution in [0.3, 0.4) is 0 Å². The van der Waals surface area contributed by atoms with Crippen LogP contribution in [0.5, 0.6) is 0 Å². The molecule has 2 aromatic rings. The van der Waals surface area contributed by atoms with Crippen LogP contribution < -0.4 is 5.73 Å². The maximum atomic E-state index is 6.49. The SMILES string of the molecule is Cc1cccc(CC(C)(N)c2cccc(C)c2)c1. The first-order valence-electron chi connectivity index (χ1n) is 6.39. The molecule has 2 aromatic carbocycles. The third-order valence-corrected chi connectivity index (χ3v) is 3.33. The Morgan fingerprint density at radius 2 is 1.56 bits per heavy atom. The summed E-state index contributed by atoms with van der Waals surface area (Å²) in [7, 11) is 0. The van der Waals surface area contributed by atoms with Crippen molar-refractivity contribution in [3.63, 3.8) is 0 Å². The van der Waals surface area contributed by atoms with Crippen molar-refractivity contribution >= 4 is 0 Å². The van der Waals surface area contributed by atoms with Crippen LogP contribution in [0, 0.1) is 13.8 Å². The molecule has 0 saturated heterocycles. The van der Waals surface area contributed by atoms with E-state index in [1.165, 1.54) is 22.3 Å². The van der Waals surface area contributed by atoms with E-state index in [1.54, 1.807) is 0 Å². The highest BCUT2D eigenvalue weighted by Crippen LogP contribution is 2.23. The molecule has 0 heterocycles. The summed E-state index contributed by atoms with van der Waals surface area (Å²) in [5.74, 6) is 0. The zero-order chi connectivity index (χ0) is 13.2. The number of rotatable bonds is 3. The smallest absolute Gasteiger partial charge is 0.0421 e. The Hall–Kier alpha value is -1.60. The minimum atomic E-state index is -0.320. The van der Waals surface area contributed by atoms with Crippen molar-refractivity contribution in [2.45, 2.75) is 32.7 Å². The topological polar surface area (TPSA) is 26.0 Å².